The molecule has 20 heavy (non-hydrogen) atoms. The van der Waals surface area contributed by atoms with Gasteiger partial charge in [-0.1, -0.05) is 18.2 Å². The number of rotatable bonds is 1. The highest BCUT2D eigenvalue weighted by Gasteiger charge is 2.20. The molecule has 1 N–H and O–H groups in total. The first-order chi connectivity index (χ1) is 9.65. The molecule has 0 unspecified atom stereocenters. The van der Waals surface area contributed by atoms with Crippen LogP contribution in [0.25, 0.3) is 10.9 Å². The number of benzene rings is 1. The molecule has 106 valence electrons. The van der Waals surface area contributed by atoms with Gasteiger partial charge >= 0.3 is 6.03 Å². The Morgan fingerprint density at radius 1 is 1.10 bits per heavy atom. The lowest BCUT2D eigenvalue weighted by Gasteiger charge is -2.32. The van der Waals surface area contributed by atoms with Gasteiger partial charge in [-0.2, -0.15) is 0 Å². The molecule has 5 nitrogen and oxygen atoms in total. The molecule has 0 radical (unpaired) electrons. The summed E-state index contributed by atoms with van der Waals surface area (Å²) in [6.45, 7) is 3.44. The number of fused-ring (bicyclic) bond motifs is 1. The van der Waals surface area contributed by atoms with E-state index in [2.05, 4.69) is 23.3 Å². The number of amides is 2. The molecule has 2 aromatic rings. The first-order valence-corrected chi connectivity index (χ1v) is 6.93. The average Bonchev–Trinajstić information content (AvgIpc) is 2.77. The van der Waals surface area contributed by atoms with Gasteiger partial charge in [0.15, 0.2) is 0 Å². The molecule has 0 spiro atoms. The quantitative estimate of drug-likeness (QED) is 0.862. The first kappa shape index (κ1) is 13.0. The van der Waals surface area contributed by atoms with Crippen LogP contribution in [0.1, 0.15) is 0 Å². The van der Waals surface area contributed by atoms with Crippen LogP contribution in [0.15, 0.2) is 30.5 Å². The predicted octanol–water partition coefficient (Wildman–Crippen LogP) is 1.96. The zero-order chi connectivity index (χ0) is 14.1. The van der Waals surface area contributed by atoms with Gasteiger partial charge in [0, 0.05) is 50.3 Å². The Morgan fingerprint density at radius 3 is 2.55 bits per heavy atom. The molecule has 0 atom stereocenters. The fourth-order valence-electron chi connectivity index (χ4n) is 2.65. The standard InChI is InChI=1S/C15H20N4O/c1-17-7-9-19(10-8-17)15(20)16-13-11-18(2)14-6-4-3-5-12(13)14/h3-6,11H,7-10H2,1-2H3,(H,16,20). The summed E-state index contributed by atoms with van der Waals surface area (Å²) < 4.78 is 2.04. The number of nitrogens with one attached hydrogen (secondary N) is 1. The summed E-state index contributed by atoms with van der Waals surface area (Å²) in [6.07, 6.45) is 1.97. The topological polar surface area (TPSA) is 40.5 Å². The van der Waals surface area contributed by atoms with Gasteiger partial charge in [-0.15, -0.1) is 0 Å². The van der Waals surface area contributed by atoms with Crippen LogP contribution in [-0.2, 0) is 7.05 Å². The van der Waals surface area contributed by atoms with E-state index in [9.17, 15) is 4.79 Å². The Morgan fingerprint density at radius 2 is 1.80 bits per heavy atom. The van der Waals surface area contributed by atoms with E-state index in [0.29, 0.717) is 0 Å². The summed E-state index contributed by atoms with van der Waals surface area (Å²) in [4.78, 5) is 16.4. The monoisotopic (exact) mass is 272 g/mol. The van der Waals surface area contributed by atoms with Crippen molar-refractivity contribution >= 4 is 22.6 Å². The number of hydrogen-bond donors (Lipinski definition) is 1. The minimum Gasteiger partial charge on any atom is -0.348 e. The summed E-state index contributed by atoms with van der Waals surface area (Å²) in [5.41, 5.74) is 2.01. The third-order valence-electron chi connectivity index (χ3n) is 3.93. The third-order valence-corrected chi connectivity index (χ3v) is 3.93. The molecule has 1 aromatic carbocycles. The number of para-hydroxylation sites is 1. The minimum absolute atomic E-state index is 0.00514. The second kappa shape index (κ2) is 5.17. The van der Waals surface area contributed by atoms with Gasteiger partial charge < -0.3 is 19.7 Å². The number of aromatic nitrogens is 1. The van der Waals surface area contributed by atoms with Crippen LogP contribution in [0.2, 0.25) is 0 Å². The van der Waals surface area contributed by atoms with E-state index >= 15 is 0 Å². The van der Waals surface area contributed by atoms with Crippen molar-refractivity contribution in [2.45, 2.75) is 0 Å². The van der Waals surface area contributed by atoms with Crippen LogP contribution < -0.4 is 5.32 Å². The molecular weight excluding hydrogens is 252 g/mol. The van der Waals surface area contributed by atoms with Crippen molar-refractivity contribution in [3.8, 4) is 0 Å². The van der Waals surface area contributed by atoms with E-state index in [0.717, 1.165) is 42.8 Å². The van der Waals surface area contributed by atoms with Gasteiger partial charge in [-0.25, -0.2) is 4.79 Å². The second-order valence-electron chi connectivity index (χ2n) is 5.39. The number of carbonyl (C=O) groups is 1. The maximum absolute atomic E-state index is 12.3. The Kier molecular flexibility index (Phi) is 3.36. The summed E-state index contributed by atoms with van der Waals surface area (Å²) in [5.74, 6) is 0. The average molecular weight is 272 g/mol. The lowest BCUT2D eigenvalue weighted by molar-refractivity contribution is 0.164. The van der Waals surface area contributed by atoms with Crippen molar-refractivity contribution in [2.75, 3.05) is 38.5 Å². The summed E-state index contributed by atoms with van der Waals surface area (Å²) >= 11 is 0. The van der Waals surface area contributed by atoms with E-state index in [1.807, 2.05) is 40.9 Å². The molecular formula is C15H20N4O. The lowest BCUT2D eigenvalue weighted by Crippen LogP contribution is -2.48. The molecule has 1 aliphatic heterocycles. The zero-order valence-corrected chi connectivity index (χ0v) is 12.0. The van der Waals surface area contributed by atoms with Gasteiger partial charge in [0.25, 0.3) is 0 Å². The largest absolute Gasteiger partial charge is 0.348 e. The van der Waals surface area contributed by atoms with Crippen molar-refractivity contribution in [2.24, 2.45) is 7.05 Å². The molecule has 2 amide bonds. The van der Waals surface area contributed by atoms with Gasteiger partial charge in [0.05, 0.1) is 5.69 Å². The Hall–Kier alpha value is -2.01. The number of carbonyl (C=O) groups excluding carboxylic acids is 1. The lowest BCUT2D eigenvalue weighted by atomic mass is 10.2. The van der Waals surface area contributed by atoms with E-state index < -0.39 is 0 Å². The van der Waals surface area contributed by atoms with Crippen molar-refractivity contribution in [1.29, 1.82) is 0 Å². The summed E-state index contributed by atoms with van der Waals surface area (Å²) in [5, 5.41) is 4.12. The highest BCUT2D eigenvalue weighted by Crippen LogP contribution is 2.25. The Balaban J connectivity index is 1.78. The highest BCUT2D eigenvalue weighted by molar-refractivity contribution is 6.01. The fraction of sp³-hybridized carbons (Fsp3) is 0.400. The van der Waals surface area contributed by atoms with Crippen molar-refractivity contribution in [3.05, 3.63) is 30.5 Å². The SMILES string of the molecule is CN1CCN(C(=O)Nc2cn(C)c3ccccc23)CC1. The van der Waals surface area contributed by atoms with Crippen molar-refractivity contribution in [1.82, 2.24) is 14.4 Å². The highest BCUT2D eigenvalue weighted by atomic mass is 16.2. The van der Waals surface area contributed by atoms with Gasteiger partial charge in [-0.3, -0.25) is 0 Å². The van der Waals surface area contributed by atoms with Crippen LogP contribution in [0.5, 0.6) is 0 Å². The molecule has 0 bridgehead atoms. The van der Waals surface area contributed by atoms with Crippen LogP contribution >= 0.6 is 0 Å². The number of urea groups is 1. The van der Waals surface area contributed by atoms with Gasteiger partial charge in [0.1, 0.15) is 0 Å². The summed E-state index contributed by atoms with van der Waals surface area (Å²) in [7, 11) is 4.08. The maximum Gasteiger partial charge on any atom is 0.321 e. The number of likely N-dealkylation sites (N-methyl/N-ethyl adjacent to an activating group) is 1. The number of nitrogens with zero attached hydrogens (tertiary/aromatic N) is 3. The summed E-state index contributed by atoms with van der Waals surface area (Å²) in [6, 6.07) is 8.09. The smallest absolute Gasteiger partial charge is 0.321 e. The maximum atomic E-state index is 12.3. The third kappa shape index (κ3) is 2.36. The van der Waals surface area contributed by atoms with E-state index in [1.165, 1.54) is 0 Å². The molecule has 3 rings (SSSR count). The fourth-order valence-corrected chi connectivity index (χ4v) is 2.65. The number of piperazine rings is 1. The van der Waals surface area contributed by atoms with Crippen molar-refractivity contribution in [3.63, 3.8) is 0 Å². The van der Waals surface area contributed by atoms with Crippen LogP contribution in [0.4, 0.5) is 10.5 Å². The normalized spacial score (nSPS) is 16.6. The minimum atomic E-state index is -0.00514. The Labute approximate surface area is 118 Å². The van der Waals surface area contributed by atoms with E-state index in [-0.39, 0.29) is 6.03 Å². The number of aryl methyl sites for hydroxylation is 1. The predicted molar refractivity (Wildman–Crippen MR) is 81.0 cm³/mol. The van der Waals surface area contributed by atoms with Gasteiger partial charge in [0.2, 0.25) is 0 Å². The van der Waals surface area contributed by atoms with E-state index in [4.69, 9.17) is 0 Å². The first-order valence-electron chi connectivity index (χ1n) is 6.93. The molecule has 2 heterocycles. The van der Waals surface area contributed by atoms with Crippen LogP contribution in [0, 0.1) is 0 Å². The zero-order valence-electron chi connectivity index (χ0n) is 12.0. The molecule has 1 aliphatic rings. The van der Waals surface area contributed by atoms with Gasteiger partial charge in [-0.05, 0) is 13.1 Å². The molecule has 0 aliphatic carbocycles. The van der Waals surface area contributed by atoms with Crippen molar-refractivity contribution < 1.29 is 4.79 Å². The molecule has 1 aromatic heterocycles. The molecule has 0 saturated carbocycles. The van der Waals surface area contributed by atoms with Crippen LogP contribution in [-0.4, -0.2) is 53.6 Å². The second-order valence-corrected chi connectivity index (χ2v) is 5.39. The number of anilines is 1. The molecule has 1 fully saturated rings. The molecule has 5 heteroatoms. The Bertz CT molecular complexity index is 626. The number of hydrogen-bond acceptors (Lipinski definition) is 2. The molecule has 1 saturated heterocycles. The van der Waals surface area contributed by atoms with Crippen LogP contribution in [0.3, 0.4) is 0 Å². The van der Waals surface area contributed by atoms with E-state index in [1.54, 1.807) is 0 Å².